The van der Waals surface area contributed by atoms with Gasteiger partial charge in [-0.1, -0.05) is 12.8 Å². The second-order valence-corrected chi connectivity index (χ2v) is 9.68. The zero-order chi connectivity index (χ0) is 24.4. The quantitative estimate of drug-likeness (QED) is 0.247. The third-order valence-corrected chi connectivity index (χ3v) is 6.98. The van der Waals surface area contributed by atoms with E-state index in [1.807, 2.05) is 0 Å². The number of morpholine rings is 1. The Kier molecular flexibility index (Phi) is 7.08. The molecule has 0 atom stereocenters. The van der Waals surface area contributed by atoms with E-state index in [4.69, 9.17) is 9.47 Å². The molecule has 8 nitrogen and oxygen atoms in total. The number of halogens is 1. The number of hydrogen-bond acceptors (Lipinski definition) is 7. The van der Waals surface area contributed by atoms with Crippen molar-refractivity contribution in [1.29, 1.82) is 0 Å². The number of pyridine rings is 2. The van der Waals surface area contributed by atoms with Gasteiger partial charge in [0.15, 0.2) is 5.78 Å². The van der Waals surface area contributed by atoms with Crippen molar-refractivity contribution in [2.45, 2.75) is 25.7 Å². The maximum absolute atomic E-state index is 13.4. The van der Waals surface area contributed by atoms with Gasteiger partial charge in [-0.25, -0.2) is 4.79 Å². The van der Waals surface area contributed by atoms with E-state index in [0.29, 0.717) is 9.99 Å². The molecule has 0 unspecified atom stereocenters. The SMILES string of the molecule is O=C1c2cccnc2C(=O)c2c1c(C(=O)OCCCCCCN1CCOCC1)c1ccc(Br)cn21. The Labute approximate surface area is 211 Å². The first-order chi connectivity index (χ1) is 17.1. The Balaban J connectivity index is 1.29. The molecule has 35 heavy (non-hydrogen) atoms. The number of rotatable bonds is 8. The molecule has 1 fully saturated rings. The molecule has 0 N–H and O–H groups in total. The van der Waals surface area contributed by atoms with Crippen molar-refractivity contribution in [3.8, 4) is 0 Å². The predicted octanol–water partition coefficient (Wildman–Crippen LogP) is 3.92. The number of fused-ring (bicyclic) bond motifs is 4. The van der Waals surface area contributed by atoms with Crippen LogP contribution in [-0.4, -0.2) is 71.3 Å². The number of nitrogens with zero attached hydrogens (tertiary/aromatic N) is 3. The van der Waals surface area contributed by atoms with Crippen molar-refractivity contribution in [2.75, 3.05) is 39.5 Å². The molecular weight excluding hydrogens is 514 g/mol. The lowest BCUT2D eigenvalue weighted by atomic mass is 9.89. The van der Waals surface area contributed by atoms with Crippen LogP contribution in [0.5, 0.6) is 0 Å². The van der Waals surface area contributed by atoms with Gasteiger partial charge in [-0.2, -0.15) is 0 Å². The van der Waals surface area contributed by atoms with Crippen LogP contribution in [0.15, 0.2) is 41.1 Å². The first-order valence-corrected chi connectivity index (χ1v) is 12.7. The number of carbonyl (C=O) groups is 3. The highest BCUT2D eigenvalue weighted by Gasteiger charge is 2.39. The van der Waals surface area contributed by atoms with E-state index in [0.717, 1.165) is 58.5 Å². The van der Waals surface area contributed by atoms with Crippen LogP contribution in [0, 0.1) is 0 Å². The summed E-state index contributed by atoms with van der Waals surface area (Å²) in [5.41, 5.74) is 1.13. The second kappa shape index (κ2) is 10.4. The smallest absolute Gasteiger partial charge is 0.341 e. The minimum Gasteiger partial charge on any atom is -0.462 e. The van der Waals surface area contributed by atoms with E-state index < -0.39 is 11.8 Å². The summed E-state index contributed by atoms with van der Waals surface area (Å²) in [6, 6.07) is 6.66. The molecule has 0 radical (unpaired) electrons. The molecule has 0 aromatic carbocycles. The summed E-state index contributed by atoms with van der Waals surface area (Å²) in [5.74, 6) is -1.37. The summed E-state index contributed by atoms with van der Waals surface area (Å²) >= 11 is 3.41. The van der Waals surface area contributed by atoms with E-state index in [2.05, 4.69) is 25.8 Å². The minimum absolute atomic E-state index is 0.0871. The van der Waals surface area contributed by atoms with Gasteiger partial charge in [0.05, 0.1) is 42.0 Å². The third-order valence-electron chi connectivity index (χ3n) is 6.52. The number of esters is 1. The Morgan fingerprint density at radius 3 is 2.69 bits per heavy atom. The molecule has 3 aromatic rings. The monoisotopic (exact) mass is 539 g/mol. The third kappa shape index (κ3) is 4.68. The maximum Gasteiger partial charge on any atom is 0.341 e. The van der Waals surface area contributed by atoms with Gasteiger partial charge in [0.2, 0.25) is 5.78 Å². The molecule has 0 saturated carbocycles. The lowest BCUT2D eigenvalue weighted by molar-refractivity contribution is 0.0370. The molecule has 0 bridgehead atoms. The number of ether oxygens (including phenoxy) is 2. The molecule has 0 amide bonds. The Bertz CT molecular complexity index is 1300. The molecule has 3 aromatic heterocycles. The minimum atomic E-state index is -0.590. The molecule has 1 aliphatic carbocycles. The fraction of sp³-hybridized carbons (Fsp3) is 0.385. The first kappa shape index (κ1) is 23.8. The highest BCUT2D eigenvalue weighted by molar-refractivity contribution is 9.10. The Morgan fingerprint density at radius 1 is 1.06 bits per heavy atom. The molecule has 1 saturated heterocycles. The van der Waals surface area contributed by atoms with Gasteiger partial charge in [0.25, 0.3) is 0 Å². The summed E-state index contributed by atoms with van der Waals surface area (Å²) < 4.78 is 13.3. The number of carbonyl (C=O) groups excluding carboxylic acids is 3. The summed E-state index contributed by atoms with van der Waals surface area (Å²) in [4.78, 5) is 46.4. The molecule has 9 heteroatoms. The average Bonchev–Trinajstić information content (AvgIpc) is 3.22. The normalized spacial score (nSPS) is 15.8. The topological polar surface area (TPSA) is 90.2 Å². The predicted molar refractivity (Wildman–Crippen MR) is 132 cm³/mol. The van der Waals surface area contributed by atoms with Crippen LogP contribution >= 0.6 is 15.9 Å². The number of ketones is 2. The van der Waals surface area contributed by atoms with Crippen molar-refractivity contribution < 1.29 is 23.9 Å². The van der Waals surface area contributed by atoms with Gasteiger partial charge in [-0.15, -0.1) is 0 Å². The number of unbranched alkanes of at least 4 members (excludes halogenated alkanes) is 3. The van der Waals surface area contributed by atoms with Crippen LogP contribution in [-0.2, 0) is 9.47 Å². The van der Waals surface area contributed by atoms with Gasteiger partial charge >= 0.3 is 5.97 Å². The van der Waals surface area contributed by atoms with E-state index in [9.17, 15) is 14.4 Å². The molecule has 2 aliphatic rings. The molecule has 5 rings (SSSR count). The number of hydrogen-bond donors (Lipinski definition) is 0. The van der Waals surface area contributed by atoms with Crippen LogP contribution < -0.4 is 0 Å². The van der Waals surface area contributed by atoms with Crippen LogP contribution in [0.3, 0.4) is 0 Å². The first-order valence-electron chi connectivity index (χ1n) is 11.9. The second-order valence-electron chi connectivity index (χ2n) is 8.76. The van der Waals surface area contributed by atoms with Gasteiger partial charge in [-0.3, -0.25) is 19.5 Å². The van der Waals surface area contributed by atoms with Gasteiger partial charge in [-0.05, 0) is 59.6 Å². The van der Waals surface area contributed by atoms with Gasteiger partial charge < -0.3 is 13.9 Å². The van der Waals surface area contributed by atoms with Crippen LogP contribution in [0.1, 0.15) is 68.1 Å². The zero-order valence-electron chi connectivity index (χ0n) is 19.3. The highest BCUT2D eigenvalue weighted by Crippen LogP contribution is 2.34. The summed E-state index contributed by atoms with van der Waals surface area (Å²) in [6.45, 7) is 4.92. The van der Waals surface area contributed by atoms with Crippen molar-refractivity contribution in [1.82, 2.24) is 14.3 Å². The Morgan fingerprint density at radius 2 is 1.86 bits per heavy atom. The highest BCUT2D eigenvalue weighted by atomic mass is 79.9. The van der Waals surface area contributed by atoms with E-state index in [-0.39, 0.29) is 40.5 Å². The van der Waals surface area contributed by atoms with E-state index in [1.165, 1.54) is 6.20 Å². The lowest BCUT2D eigenvalue weighted by Gasteiger charge is -2.26. The lowest BCUT2D eigenvalue weighted by Crippen LogP contribution is -2.36. The fourth-order valence-corrected chi connectivity index (χ4v) is 5.09. The maximum atomic E-state index is 13.4. The van der Waals surface area contributed by atoms with Crippen LogP contribution in [0.25, 0.3) is 5.52 Å². The molecule has 1 aliphatic heterocycles. The van der Waals surface area contributed by atoms with Crippen molar-refractivity contribution >= 4 is 39.0 Å². The zero-order valence-corrected chi connectivity index (χ0v) is 20.9. The largest absolute Gasteiger partial charge is 0.462 e. The molecule has 182 valence electrons. The van der Waals surface area contributed by atoms with E-state index >= 15 is 0 Å². The average molecular weight is 540 g/mol. The van der Waals surface area contributed by atoms with Crippen LogP contribution in [0.2, 0.25) is 0 Å². The van der Waals surface area contributed by atoms with Crippen molar-refractivity contribution in [3.05, 3.63) is 69.2 Å². The van der Waals surface area contributed by atoms with Crippen LogP contribution in [0.4, 0.5) is 0 Å². The van der Waals surface area contributed by atoms with Crippen molar-refractivity contribution in [2.24, 2.45) is 0 Å². The molecule has 4 heterocycles. The Hall–Kier alpha value is -2.88. The van der Waals surface area contributed by atoms with Gasteiger partial charge in [0, 0.05) is 30.0 Å². The van der Waals surface area contributed by atoms with E-state index in [1.54, 1.807) is 34.9 Å². The fourth-order valence-electron chi connectivity index (χ4n) is 4.75. The molecule has 0 spiro atoms. The van der Waals surface area contributed by atoms with Crippen molar-refractivity contribution in [3.63, 3.8) is 0 Å². The molecular formula is C26H26BrN3O5. The summed E-state index contributed by atoms with van der Waals surface area (Å²) in [5, 5.41) is 0. The summed E-state index contributed by atoms with van der Waals surface area (Å²) in [7, 11) is 0. The summed E-state index contributed by atoms with van der Waals surface area (Å²) in [6.07, 6.45) is 7.02. The standard InChI is InChI=1S/C26H26BrN3O5/c27-17-7-8-19-20(26(33)35-13-4-2-1-3-10-29-11-14-34-15-12-29)21-23(30(19)16-17)25(32)22-18(24(21)31)6-5-9-28-22/h5-9,16H,1-4,10-15H2. The van der Waals surface area contributed by atoms with Gasteiger partial charge in [0.1, 0.15) is 11.4 Å². The number of aromatic nitrogens is 2.